The third-order valence-electron chi connectivity index (χ3n) is 4.20. The average molecular weight is 400 g/mol. The first-order valence-electron chi connectivity index (χ1n) is 8.83. The summed E-state index contributed by atoms with van der Waals surface area (Å²) in [6, 6.07) is 5.90. The third-order valence-corrected chi connectivity index (χ3v) is 4.20. The molecule has 3 aromatic heterocycles. The molecule has 0 spiro atoms. The van der Waals surface area contributed by atoms with E-state index in [0.29, 0.717) is 17.9 Å². The molecule has 11 heteroatoms. The molecule has 150 valence electrons. The highest BCUT2D eigenvalue weighted by molar-refractivity contribution is 5.89. The summed E-state index contributed by atoms with van der Waals surface area (Å²) in [5, 5.41) is 21.1. The summed E-state index contributed by atoms with van der Waals surface area (Å²) in [5.41, 5.74) is 0.339. The number of hydrogen-bond acceptors (Lipinski definition) is 9. The number of nitrogens with zero attached hydrogens (tertiary/aromatic N) is 3. The summed E-state index contributed by atoms with van der Waals surface area (Å²) in [6.07, 6.45) is 4.79. The Bertz CT molecular complexity index is 1030. The van der Waals surface area contributed by atoms with Crippen LogP contribution in [0.5, 0.6) is 0 Å². The average Bonchev–Trinajstić information content (AvgIpc) is 3.46. The van der Waals surface area contributed by atoms with Crippen molar-refractivity contribution in [3.63, 3.8) is 0 Å². The highest BCUT2D eigenvalue weighted by atomic mass is 16.6. The fourth-order valence-corrected chi connectivity index (χ4v) is 2.90. The van der Waals surface area contributed by atoms with Gasteiger partial charge in [-0.05, 0) is 37.1 Å². The molecule has 1 aliphatic heterocycles. The summed E-state index contributed by atoms with van der Waals surface area (Å²) in [7, 11) is 0. The van der Waals surface area contributed by atoms with Crippen LogP contribution in [0.1, 0.15) is 36.7 Å². The number of ether oxygens (including phenoxy) is 1. The summed E-state index contributed by atoms with van der Waals surface area (Å²) >= 11 is 0. The van der Waals surface area contributed by atoms with Gasteiger partial charge in [0.25, 0.3) is 5.89 Å². The molecule has 1 aliphatic rings. The van der Waals surface area contributed by atoms with Gasteiger partial charge in [-0.3, -0.25) is 20.2 Å². The van der Waals surface area contributed by atoms with Crippen molar-refractivity contribution in [2.24, 2.45) is 0 Å². The van der Waals surface area contributed by atoms with Gasteiger partial charge < -0.3 is 18.0 Å². The van der Waals surface area contributed by atoms with Crippen LogP contribution in [-0.4, -0.2) is 33.7 Å². The molecule has 0 bridgehead atoms. The van der Waals surface area contributed by atoms with E-state index in [4.69, 9.17) is 18.0 Å². The maximum Gasteiger partial charge on any atom is 0.433 e. The number of hydrogen-bond donors (Lipinski definition) is 1. The molecular weight excluding hydrogens is 384 g/mol. The number of furan rings is 2. The maximum absolute atomic E-state index is 12.1. The molecule has 1 N–H and O–H groups in total. The minimum atomic E-state index is -0.641. The van der Waals surface area contributed by atoms with Crippen molar-refractivity contribution in [1.29, 1.82) is 0 Å². The van der Waals surface area contributed by atoms with E-state index in [2.05, 4.69) is 15.5 Å². The van der Waals surface area contributed by atoms with Crippen LogP contribution in [-0.2, 0) is 9.53 Å². The molecule has 3 aromatic rings. The number of carbonyl (C=O) groups is 1. The monoisotopic (exact) mass is 400 g/mol. The lowest BCUT2D eigenvalue weighted by molar-refractivity contribution is -0.402. The SMILES string of the molecule is O=C(CC1CCCO1)Nc1nnc(/C(=C/c2ccc([N+](=O)[O-])o2)c2ccco2)o1. The molecule has 4 rings (SSSR count). The molecule has 29 heavy (non-hydrogen) atoms. The number of rotatable bonds is 7. The molecule has 1 fully saturated rings. The van der Waals surface area contributed by atoms with Gasteiger partial charge in [-0.1, -0.05) is 5.10 Å². The first-order chi connectivity index (χ1) is 14.1. The highest BCUT2D eigenvalue weighted by Gasteiger charge is 2.22. The Kier molecular flexibility index (Phi) is 5.20. The number of nitrogens with one attached hydrogen (secondary N) is 1. The van der Waals surface area contributed by atoms with E-state index in [1.165, 1.54) is 24.5 Å². The lowest BCUT2D eigenvalue weighted by atomic mass is 10.1. The van der Waals surface area contributed by atoms with Crippen LogP contribution >= 0.6 is 0 Å². The second-order valence-electron chi connectivity index (χ2n) is 6.27. The van der Waals surface area contributed by atoms with Gasteiger partial charge in [-0.25, -0.2) is 0 Å². The van der Waals surface area contributed by atoms with Gasteiger partial charge in [0.2, 0.25) is 5.91 Å². The minimum Gasteiger partial charge on any atom is -0.464 e. The Morgan fingerprint density at radius 2 is 2.21 bits per heavy atom. The zero-order valence-corrected chi connectivity index (χ0v) is 15.1. The molecule has 0 radical (unpaired) electrons. The molecule has 4 heterocycles. The van der Waals surface area contributed by atoms with E-state index >= 15 is 0 Å². The molecule has 1 atom stereocenters. The maximum atomic E-state index is 12.1. The third kappa shape index (κ3) is 4.41. The van der Waals surface area contributed by atoms with Gasteiger partial charge in [-0.15, -0.1) is 5.10 Å². The Hall–Kier alpha value is -3.73. The zero-order valence-electron chi connectivity index (χ0n) is 15.1. The smallest absolute Gasteiger partial charge is 0.433 e. The van der Waals surface area contributed by atoms with Crippen molar-refractivity contribution in [2.75, 3.05) is 11.9 Å². The quantitative estimate of drug-likeness (QED) is 0.466. The fraction of sp³-hybridized carbons (Fsp3) is 0.278. The van der Waals surface area contributed by atoms with Crippen molar-refractivity contribution in [3.05, 3.63) is 58.1 Å². The van der Waals surface area contributed by atoms with Crippen LogP contribution in [0.15, 0.2) is 43.8 Å². The summed E-state index contributed by atoms with van der Waals surface area (Å²) < 4.78 is 21.5. The van der Waals surface area contributed by atoms with Gasteiger partial charge in [0.05, 0.1) is 30.4 Å². The van der Waals surface area contributed by atoms with Crippen LogP contribution in [0.25, 0.3) is 11.6 Å². The summed E-state index contributed by atoms with van der Waals surface area (Å²) in [4.78, 5) is 22.3. The van der Waals surface area contributed by atoms with Gasteiger partial charge in [0.1, 0.15) is 16.4 Å². The van der Waals surface area contributed by atoms with Crippen molar-refractivity contribution >= 4 is 29.5 Å². The fourth-order valence-electron chi connectivity index (χ4n) is 2.90. The van der Waals surface area contributed by atoms with Crippen molar-refractivity contribution in [3.8, 4) is 0 Å². The van der Waals surface area contributed by atoms with E-state index in [0.717, 1.165) is 12.8 Å². The Morgan fingerprint density at radius 1 is 1.31 bits per heavy atom. The largest absolute Gasteiger partial charge is 0.464 e. The minimum absolute atomic E-state index is 0.0476. The van der Waals surface area contributed by atoms with Crippen molar-refractivity contribution in [1.82, 2.24) is 10.2 Å². The van der Waals surface area contributed by atoms with Crippen LogP contribution in [0.2, 0.25) is 0 Å². The molecule has 1 amide bonds. The van der Waals surface area contributed by atoms with E-state index in [-0.39, 0.29) is 36.1 Å². The van der Waals surface area contributed by atoms with E-state index in [1.807, 2.05) is 0 Å². The molecule has 1 saturated heterocycles. The Morgan fingerprint density at radius 3 is 2.90 bits per heavy atom. The van der Waals surface area contributed by atoms with E-state index in [9.17, 15) is 14.9 Å². The number of amides is 1. The van der Waals surface area contributed by atoms with E-state index < -0.39 is 10.8 Å². The summed E-state index contributed by atoms with van der Waals surface area (Å²) in [5.74, 6) is -0.0680. The normalized spacial score (nSPS) is 16.8. The second-order valence-corrected chi connectivity index (χ2v) is 6.27. The van der Waals surface area contributed by atoms with Crippen LogP contribution in [0.4, 0.5) is 11.9 Å². The number of nitro groups is 1. The predicted octanol–water partition coefficient (Wildman–Crippen LogP) is 3.26. The lowest BCUT2D eigenvalue weighted by Gasteiger charge is -2.07. The number of anilines is 1. The molecule has 0 saturated carbocycles. The number of aromatic nitrogens is 2. The lowest BCUT2D eigenvalue weighted by Crippen LogP contribution is -2.19. The Balaban J connectivity index is 1.55. The van der Waals surface area contributed by atoms with Crippen LogP contribution in [0.3, 0.4) is 0 Å². The van der Waals surface area contributed by atoms with Gasteiger partial charge >= 0.3 is 11.9 Å². The number of carbonyl (C=O) groups excluding carboxylic acids is 1. The first-order valence-corrected chi connectivity index (χ1v) is 8.83. The summed E-state index contributed by atoms with van der Waals surface area (Å²) in [6.45, 7) is 0.658. The standard InChI is InChI=1S/C18H16N4O7/c23-15(10-11-3-1-7-26-11)19-18-21-20-17(29-18)13(14-4-2-8-27-14)9-12-5-6-16(28-12)22(24)25/h2,4-6,8-9,11H,1,3,7,10H2,(H,19,21,23)/b13-9+. The van der Waals surface area contributed by atoms with Crippen molar-refractivity contribution in [2.45, 2.75) is 25.4 Å². The Labute approximate surface area is 163 Å². The predicted molar refractivity (Wildman–Crippen MR) is 97.6 cm³/mol. The molecule has 0 aliphatic carbocycles. The van der Waals surface area contributed by atoms with E-state index in [1.54, 1.807) is 12.1 Å². The van der Waals surface area contributed by atoms with Crippen LogP contribution < -0.4 is 5.32 Å². The topological polar surface area (TPSA) is 147 Å². The van der Waals surface area contributed by atoms with Gasteiger partial charge in [0, 0.05) is 6.61 Å². The molecule has 11 nitrogen and oxygen atoms in total. The van der Waals surface area contributed by atoms with Crippen molar-refractivity contribution < 1.29 is 27.7 Å². The molecule has 1 unspecified atom stereocenters. The highest BCUT2D eigenvalue weighted by Crippen LogP contribution is 2.28. The van der Waals surface area contributed by atoms with Gasteiger partial charge in [0.15, 0.2) is 0 Å². The second kappa shape index (κ2) is 8.10. The van der Waals surface area contributed by atoms with Crippen LogP contribution in [0, 0.1) is 10.1 Å². The first kappa shape index (κ1) is 18.6. The molecule has 0 aromatic carbocycles. The molecular formula is C18H16N4O7. The van der Waals surface area contributed by atoms with Gasteiger partial charge in [-0.2, -0.15) is 0 Å². The zero-order chi connectivity index (χ0) is 20.2.